The molecule has 90 valence electrons. The van der Waals surface area contributed by atoms with E-state index in [2.05, 4.69) is 19.2 Å². The van der Waals surface area contributed by atoms with Gasteiger partial charge in [0.05, 0.1) is 12.6 Å². The van der Waals surface area contributed by atoms with Crippen molar-refractivity contribution in [2.45, 2.75) is 26.8 Å². The zero-order chi connectivity index (χ0) is 12.1. The Bertz CT molecular complexity index is 339. The van der Waals surface area contributed by atoms with Gasteiger partial charge in [-0.05, 0) is 42.6 Å². The average Bonchev–Trinajstić information content (AvgIpc) is 2.21. The van der Waals surface area contributed by atoms with Crippen LogP contribution in [0.2, 0.25) is 5.02 Å². The predicted molar refractivity (Wildman–Crippen MR) is 68.9 cm³/mol. The van der Waals surface area contributed by atoms with Crippen LogP contribution in [-0.4, -0.2) is 18.3 Å². The molecule has 1 atom stereocenters. The molecule has 2 nitrogen and oxygen atoms in total. The number of hydrogen-bond acceptors (Lipinski definition) is 2. The average molecular weight is 242 g/mol. The minimum atomic E-state index is -0.000309. The molecular weight excluding hydrogens is 222 g/mol. The first-order valence-corrected chi connectivity index (χ1v) is 6.02. The highest BCUT2D eigenvalue weighted by atomic mass is 35.5. The van der Waals surface area contributed by atoms with Crippen molar-refractivity contribution in [3.05, 3.63) is 34.3 Å². The van der Waals surface area contributed by atoms with E-state index in [9.17, 15) is 5.11 Å². The van der Waals surface area contributed by atoms with Crippen molar-refractivity contribution < 1.29 is 5.11 Å². The van der Waals surface area contributed by atoms with Crippen LogP contribution in [-0.2, 0) is 0 Å². The van der Waals surface area contributed by atoms with E-state index >= 15 is 0 Å². The highest BCUT2D eigenvalue weighted by Gasteiger charge is 2.12. The zero-order valence-corrected chi connectivity index (χ0v) is 10.9. The molecule has 3 heteroatoms. The SMILES string of the molecule is Cc1cc(Cl)ccc1C(CO)NCC(C)C. The fourth-order valence-electron chi connectivity index (χ4n) is 1.68. The monoisotopic (exact) mass is 241 g/mol. The van der Waals surface area contributed by atoms with Crippen LogP contribution >= 0.6 is 11.6 Å². The van der Waals surface area contributed by atoms with Crippen molar-refractivity contribution in [1.29, 1.82) is 0 Å². The summed E-state index contributed by atoms with van der Waals surface area (Å²) in [6.07, 6.45) is 0. The Morgan fingerprint density at radius 2 is 2.06 bits per heavy atom. The van der Waals surface area contributed by atoms with Crippen LogP contribution in [0.5, 0.6) is 0 Å². The molecule has 0 saturated heterocycles. The van der Waals surface area contributed by atoms with Gasteiger partial charge in [-0.3, -0.25) is 0 Å². The molecule has 0 radical (unpaired) electrons. The number of aryl methyl sites for hydroxylation is 1. The Balaban J connectivity index is 2.78. The van der Waals surface area contributed by atoms with Gasteiger partial charge in [-0.25, -0.2) is 0 Å². The lowest BCUT2D eigenvalue weighted by Gasteiger charge is -2.20. The quantitative estimate of drug-likeness (QED) is 0.831. The molecule has 2 N–H and O–H groups in total. The highest BCUT2D eigenvalue weighted by Crippen LogP contribution is 2.21. The number of aliphatic hydroxyl groups excluding tert-OH is 1. The maximum Gasteiger partial charge on any atom is 0.0626 e. The molecule has 16 heavy (non-hydrogen) atoms. The molecule has 0 aromatic heterocycles. The Morgan fingerprint density at radius 3 is 2.56 bits per heavy atom. The minimum absolute atomic E-state index is 0.000309. The Kier molecular flexibility index (Phi) is 5.26. The van der Waals surface area contributed by atoms with Gasteiger partial charge in [-0.2, -0.15) is 0 Å². The van der Waals surface area contributed by atoms with Crippen LogP contribution in [0.15, 0.2) is 18.2 Å². The van der Waals surface area contributed by atoms with Gasteiger partial charge in [0.1, 0.15) is 0 Å². The van der Waals surface area contributed by atoms with E-state index in [1.165, 1.54) is 0 Å². The maximum absolute atomic E-state index is 9.39. The van der Waals surface area contributed by atoms with Crippen molar-refractivity contribution in [3.8, 4) is 0 Å². The summed E-state index contributed by atoms with van der Waals surface area (Å²) < 4.78 is 0. The van der Waals surface area contributed by atoms with E-state index in [1.807, 2.05) is 25.1 Å². The van der Waals surface area contributed by atoms with E-state index in [1.54, 1.807) is 0 Å². The lowest BCUT2D eigenvalue weighted by atomic mass is 10.0. The fourth-order valence-corrected chi connectivity index (χ4v) is 1.91. The number of halogens is 1. The molecule has 0 aliphatic carbocycles. The van der Waals surface area contributed by atoms with E-state index in [0.717, 1.165) is 22.7 Å². The first-order valence-electron chi connectivity index (χ1n) is 5.65. The predicted octanol–water partition coefficient (Wildman–Crippen LogP) is 2.93. The summed E-state index contributed by atoms with van der Waals surface area (Å²) in [7, 11) is 0. The summed E-state index contributed by atoms with van der Waals surface area (Å²) in [6.45, 7) is 7.32. The van der Waals surface area contributed by atoms with Crippen LogP contribution in [0.25, 0.3) is 0 Å². The van der Waals surface area contributed by atoms with Gasteiger partial charge in [0.2, 0.25) is 0 Å². The van der Waals surface area contributed by atoms with Crippen molar-refractivity contribution >= 4 is 11.6 Å². The second-order valence-corrected chi connectivity index (χ2v) is 4.97. The number of benzene rings is 1. The van der Waals surface area contributed by atoms with Crippen molar-refractivity contribution in [3.63, 3.8) is 0 Å². The third-order valence-electron chi connectivity index (χ3n) is 2.56. The lowest BCUT2D eigenvalue weighted by Crippen LogP contribution is -2.28. The van der Waals surface area contributed by atoms with Gasteiger partial charge < -0.3 is 10.4 Å². The lowest BCUT2D eigenvalue weighted by molar-refractivity contribution is 0.240. The van der Waals surface area contributed by atoms with Crippen LogP contribution in [0, 0.1) is 12.8 Å². The molecule has 0 fully saturated rings. The third-order valence-corrected chi connectivity index (χ3v) is 2.80. The summed E-state index contributed by atoms with van der Waals surface area (Å²) in [5.74, 6) is 0.571. The normalized spacial score (nSPS) is 13.1. The molecule has 0 aliphatic heterocycles. The van der Waals surface area contributed by atoms with E-state index in [4.69, 9.17) is 11.6 Å². The molecule has 1 aromatic rings. The summed E-state index contributed by atoms with van der Waals surface area (Å²) in [6, 6.07) is 5.77. The van der Waals surface area contributed by atoms with Crippen molar-refractivity contribution in [2.75, 3.05) is 13.2 Å². The topological polar surface area (TPSA) is 32.3 Å². The van der Waals surface area contributed by atoms with Crippen LogP contribution in [0.4, 0.5) is 0 Å². The van der Waals surface area contributed by atoms with Gasteiger partial charge in [0.15, 0.2) is 0 Å². The summed E-state index contributed by atoms with van der Waals surface area (Å²) in [4.78, 5) is 0. The van der Waals surface area contributed by atoms with Gasteiger partial charge >= 0.3 is 0 Å². The Labute approximate surface area is 103 Å². The van der Waals surface area contributed by atoms with Gasteiger partial charge in [0.25, 0.3) is 0 Å². The summed E-state index contributed by atoms with van der Waals surface area (Å²) in [5, 5.41) is 13.5. The number of nitrogens with one attached hydrogen (secondary N) is 1. The van der Waals surface area contributed by atoms with E-state index in [0.29, 0.717) is 5.92 Å². The van der Waals surface area contributed by atoms with E-state index < -0.39 is 0 Å². The second kappa shape index (κ2) is 6.24. The van der Waals surface area contributed by atoms with Crippen LogP contribution in [0.3, 0.4) is 0 Å². The van der Waals surface area contributed by atoms with Gasteiger partial charge in [-0.15, -0.1) is 0 Å². The molecule has 0 aliphatic rings. The van der Waals surface area contributed by atoms with Crippen LogP contribution in [0.1, 0.15) is 31.0 Å². The molecule has 0 amide bonds. The van der Waals surface area contributed by atoms with Crippen molar-refractivity contribution in [1.82, 2.24) is 5.32 Å². The largest absolute Gasteiger partial charge is 0.394 e. The Hall–Kier alpha value is -0.570. The molecule has 0 saturated carbocycles. The fraction of sp³-hybridized carbons (Fsp3) is 0.538. The van der Waals surface area contributed by atoms with Crippen LogP contribution < -0.4 is 5.32 Å². The zero-order valence-electron chi connectivity index (χ0n) is 10.1. The molecule has 1 unspecified atom stereocenters. The summed E-state index contributed by atoms with van der Waals surface area (Å²) in [5.41, 5.74) is 2.23. The molecule has 0 bridgehead atoms. The molecule has 1 rings (SSSR count). The summed E-state index contributed by atoms with van der Waals surface area (Å²) >= 11 is 5.91. The minimum Gasteiger partial charge on any atom is -0.394 e. The molecule has 1 aromatic carbocycles. The van der Waals surface area contributed by atoms with E-state index in [-0.39, 0.29) is 12.6 Å². The van der Waals surface area contributed by atoms with Crippen molar-refractivity contribution in [2.24, 2.45) is 5.92 Å². The number of aliphatic hydroxyl groups is 1. The smallest absolute Gasteiger partial charge is 0.0626 e. The Morgan fingerprint density at radius 1 is 1.38 bits per heavy atom. The van der Waals surface area contributed by atoms with Gasteiger partial charge in [0, 0.05) is 5.02 Å². The molecular formula is C13H20ClNO. The molecule has 0 spiro atoms. The first-order chi connectivity index (χ1) is 7.54. The highest BCUT2D eigenvalue weighted by molar-refractivity contribution is 6.30. The number of hydrogen-bond donors (Lipinski definition) is 2. The standard InChI is InChI=1S/C13H20ClNO/c1-9(2)7-15-13(8-16)12-5-4-11(14)6-10(12)3/h4-6,9,13,15-16H,7-8H2,1-3H3. The maximum atomic E-state index is 9.39. The first kappa shape index (κ1) is 13.5. The number of rotatable bonds is 5. The van der Waals surface area contributed by atoms with Gasteiger partial charge in [-0.1, -0.05) is 31.5 Å². The third kappa shape index (κ3) is 3.78. The second-order valence-electron chi connectivity index (χ2n) is 4.54. The molecule has 0 heterocycles.